The first-order valence-electron chi connectivity index (χ1n) is 7.20. The maximum atomic E-state index is 12.7. The fourth-order valence-corrected chi connectivity index (χ4v) is 2.41. The van der Waals surface area contributed by atoms with Crippen LogP contribution in [0.5, 0.6) is 11.5 Å². The van der Waals surface area contributed by atoms with E-state index in [1.54, 1.807) is 37.4 Å². The van der Waals surface area contributed by atoms with Crippen LogP contribution in [0.4, 0.5) is 0 Å². The van der Waals surface area contributed by atoms with Crippen LogP contribution in [0.1, 0.15) is 0 Å². The first-order valence-corrected chi connectivity index (χ1v) is 7.20. The number of fused-ring (bicyclic) bond motifs is 1. The molecule has 1 amide bonds. The molecule has 2 N–H and O–H groups in total. The molecule has 0 radical (unpaired) electrons. The largest absolute Gasteiger partial charge is 0.496 e. The van der Waals surface area contributed by atoms with Crippen molar-refractivity contribution in [2.75, 3.05) is 13.7 Å². The van der Waals surface area contributed by atoms with Gasteiger partial charge in [0.1, 0.15) is 23.3 Å². The summed E-state index contributed by atoms with van der Waals surface area (Å²) in [5.74, 6) is 0.406. The highest BCUT2D eigenvalue weighted by Gasteiger charge is 2.13. The van der Waals surface area contributed by atoms with Crippen molar-refractivity contribution in [3.05, 3.63) is 59.0 Å². The van der Waals surface area contributed by atoms with Gasteiger partial charge < -0.3 is 19.6 Å². The van der Waals surface area contributed by atoms with Crippen LogP contribution in [0.15, 0.2) is 57.9 Å². The molecule has 24 heavy (non-hydrogen) atoms. The second kappa shape index (κ2) is 6.45. The molecule has 0 bridgehead atoms. The van der Waals surface area contributed by atoms with Gasteiger partial charge in [-0.2, -0.15) is 0 Å². The lowest BCUT2D eigenvalue weighted by atomic mass is 10.0. The van der Waals surface area contributed by atoms with Crippen molar-refractivity contribution < 1.29 is 18.7 Å². The van der Waals surface area contributed by atoms with Crippen LogP contribution >= 0.6 is 0 Å². The van der Waals surface area contributed by atoms with Gasteiger partial charge in [-0.15, -0.1) is 0 Å². The summed E-state index contributed by atoms with van der Waals surface area (Å²) in [6, 6.07) is 12.0. The first kappa shape index (κ1) is 15.6. The summed E-state index contributed by atoms with van der Waals surface area (Å²) in [7, 11) is 1.55. The number of rotatable bonds is 5. The number of carbonyl (C=O) groups is 1. The minimum Gasteiger partial charge on any atom is -0.496 e. The number of carbonyl (C=O) groups excluding carboxylic acids is 1. The fourth-order valence-electron chi connectivity index (χ4n) is 2.41. The Morgan fingerprint density at radius 1 is 1.17 bits per heavy atom. The molecule has 1 aromatic heterocycles. The van der Waals surface area contributed by atoms with E-state index in [0.717, 1.165) is 0 Å². The summed E-state index contributed by atoms with van der Waals surface area (Å²) in [4.78, 5) is 23.5. The Bertz CT molecular complexity index is 961. The van der Waals surface area contributed by atoms with Crippen molar-refractivity contribution in [2.24, 2.45) is 5.73 Å². The van der Waals surface area contributed by atoms with Crippen molar-refractivity contribution in [2.45, 2.75) is 0 Å². The van der Waals surface area contributed by atoms with E-state index in [1.165, 1.54) is 6.26 Å². The van der Waals surface area contributed by atoms with Gasteiger partial charge in [-0.25, -0.2) is 0 Å². The lowest BCUT2D eigenvalue weighted by molar-refractivity contribution is -0.119. The number of ether oxygens (including phenoxy) is 2. The Morgan fingerprint density at radius 3 is 2.71 bits per heavy atom. The maximum absolute atomic E-state index is 12.7. The predicted octanol–water partition coefficient (Wildman–Crippen LogP) is 2.33. The maximum Gasteiger partial charge on any atom is 0.255 e. The van der Waals surface area contributed by atoms with Gasteiger partial charge in [-0.3, -0.25) is 9.59 Å². The van der Waals surface area contributed by atoms with Crippen LogP contribution in [0.2, 0.25) is 0 Å². The van der Waals surface area contributed by atoms with Gasteiger partial charge in [0.2, 0.25) is 5.43 Å². The van der Waals surface area contributed by atoms with E-state index in [9.17, 15) is 9.59 Å². The highest BCUT2D eigenvalue weighted by Crippen LogP contribution is 2.29. The van der Waals surface area contributed by atoms with Crippen molar-refractivity contribution in [3.63, 3.8) is 0 Å². The average Bonchev–Trinajstić information content (AvgIpc) is 2.60. The lowest BCUT2D eigenvalue weighted by Crippen LogP contribution is -2.20. The number of methoxy groups -OCH3 is 1. The van der Waals surface area contributed by atoms with Crippen molar-refractivity contribution in [1.82, 2.24) is 0 Å². The summed E-state index contributed by atoms with van der Waals surface area (Å²) in [5, 5.41) is 0.407. The molecule has 0 spiro atoms. The molecule has 122 valence electrons. The summed E-state index contributed by atoms with van der Waals surface area (Å²) in [6.45, 7) is -0.241. The van der Waals surface area contributed by atoms with Crippen LogP contribution in [-0.2, 0) is 4.79 Å². The standard InChI is InChI=1S/C18H15NO5/c1-22-15-5-3-2-4-12(15)14-9-24-16-8-11(23-10-17(19)20)6-7-13(16)18(14)21/h2-9H,10H2,1H3,(H2,19,20). The molecule has 0 saturated carbocycles. The quantitative estimate of drug-likeness (QED) is 0.777. The van der Waals surface area contributed by atoms with E-state index < -0.39 is 5.91 Å². The lowest BCUT2D eigenvalue weighted by Gasteiger charge is -2.09. The molecule has 3 aromatic rings. The Hall–Kier alpha value is -3.28. The molecular weight excluding hydrogens is 310 g/mol. The summed E-state index contributed by atoms with van der Waals surface area (Å²) >= 11 is 0. The smallest absolute Gasteiger partial charge is 0.255 e. The highest BCUT2D eigenvalue weighted by atomic mass is 16.5. The van der Waals surface area contributed by atoms with Crippen molar-refractivity contribution in [1.29, 1.82) is 0 Å². The van der Waals surface area contributed by atoms with E-state index in [1.807, 2.05) is 12.1 Å². The molecule has 0 fully saturated rings. The Morgan fingerprint density at radius 2 is 1.96 bits per heavy atom. The third-order valence-corrected chi connectivity index (χ3v) is 3.52. The second-order valence-corrected chi connectivity index (χ2v) is 5.09. The number of primary amides is 1. The molecule has 6 heteroatoms. The zero-order chi connectivity index (χ0) is 17.1. The number of hydrogen-bond donors (Lipinski definition) is 1. The van der Waals surface area contributed by atoms with Crippen LogP contribution < -0.4 is 20.6 Å². The normalized spacial score (nSPS) is 10.5. The fraction of sp³-hybridized carbons (Fsp3) is 0.111. The molecular formula is C18H15NO5. The van der Waals surface area contributed by atoms with Gasteiger partial charge in [0.05, 0.1) is 18.1 Å². The van der Waals surface area contributed by atoms with Crippen molar-refractivity contribution >= 4 is 16.9 Å². The van der Waals surface area contributed by atoms with Gasteiger partial charge in [-0.1, -0.05) is 18.2 Å². The van der Waals surface area contributed by atoms with E-state index in [4.69, 9.17) is 19.6 Å². The molecule has 2 aromatic carbocycles. The molecule has 3 rings (SSSR count). The zero-order valence-corrected chi connectivity index (χ0v) is 12.9. The molecule has 0 aliphatic carbocycles. The molecule has 1 heterocycles. The first-order chi connectivity index (χ1) is 11.6. The van der Waals surface area contributed by atoms with Gasteiger partial charge in [0.25, 0.3) is 5.91 Å². The van der Waals surface area contributed by atoms with Crippen LogP contribution in [-0.4, -0.2) is 19.6 Å². The summed E-state index contributed by atoms with van der Waals surface area (Å²) < 4.78 is 16.1. The molecule has 6 nitrogen and oxygen atoms in total. The second-order valence-electron chi connectivity index (χ2n) is 5.09. The highest BCUT2D eigenvalue weighted by molar-refractivity contribution is 5.84. The topological polar surface area (TPSA) is 91.8 Å². The third-order valence-electron chi connectivity index (χ3n) is 3.52. The van der Waals surface area contributed by atoms with E-state index in [0.29, 0.717) is 33.6 Å². The summed E-state index contributed by atoms with van der Waals surface area (Å²) in [5.41, 5.74) is 6.29. The van der Waals surface area contributed by atoms with E-state index in [2.05, 4.69) is 0 Å². The number of para-hydroxylation sites is 1. The molecule has 0 aliphatic heterocycles. The zero-order valence-electron chi connectivity index (χ0n) is 12.9. The molecule has 0 aliphatic rings. The minimum absolute atomic E-state index is 0.179. The number of nitrogens with two attached hydrogens (primary N) is 1. The van der Waals surface area contributed by atoms with Gasteiger partial charge >= 0.3 is 0 Å². The molecule has 0 saturated heterocycles. The Balaban J connectivity index is 2.07. The minimum atomic E-state index is -0.580. The van der Waals surface area contributed by atoms with E-state index in [-0.39, 0.29) is 12.0 Å². The third kappa shape index (κ3) is 2.94. The van der Waals surface area contributed by atoms with Crippen LogP contribution in [0.25, 0.3) is 22.1 Å². The van der Waals surface area contributed by atoms with E-state index >= 15 is 0 Å². The van der Waals surface area contributed by atoms with Gasteiger partial charge in [0, 0.05) is 11.6 Å². The van der Waals surface area contributed by atoms with Gasteiger partial charge in [0.15, 0.2) is 6.61 Å². The van der Waals surface area contributed by atoms with Gasteiger partial charge in [-0.05, 0) is 18.2 Å². The number of amides is 1. The summed E-state index contributed by atoms with van der Waals surface area (Å²) in [6.07, 6.45) is 1.39. The predicted molar refractivity (Wildman–Crippen MR) is 89.2 cm³/mol. The van der Waals surface area contributed by atoms with Crippen LogP contribution in [0, 0.1) is 0 Å². The Labute approximate surface area is 137 Å². The molecule has 0 unspecified atom stereocenters. The monoisotopic (exact) mass is 325 g/mol. The number of benzene rings is 2. The average molecular weight is 325 g/mol. The SMILES string of the molecule is COc1ccccc1-c1coc2cc(OCC(N)=O)ccc2c1=O. The molecule has 0 atom stereocenters. The van der Waals surface area contributed by atoms with Crippen LogP contribution in [0.3, 0.4) is 0 Å². The number of hydrogen-bond acceptors (Lipinski definition) is 5. The van der Waals surface area contributed by atoms with Crippen molar-refractivity contribution in [3.8, 4) is 22.6 Å². The Kier molecular flexibility index (Phi) is 4.20.